The smallest absolute Gasteiger partial charge is 0.257 e. The maximum Gasteiger partial charge on any atom is 0.257 e. The van der Waals surface area contributed by atoms with Crippen molar-refractivity contribution in [3.63, 3.8) is 0 Å². The van der Waals surface area contributed by atoms with Gasteiger partial charge in [-0.1, -0.05) is 50.5 Å². The molecular weight excluding hydrogens is 374 g/mol. The predicted molar refractivity (Wildman–Crippen MR) is 122 cm³/mol. The van der Waals surface area contributed by atoms with Crippen molar-refractivity contribution >= 4 is 16.9 Å². The van der Waals surface area contributed by atoms with Crippen LogP contribution in [0.2, 0.25) is 0 Å². The minimum atomic E-state index is -0.110. The molecule has 0 aliphatic heterocycles. The van der Waals surface area contributed by atoms with E-state index < -0.39 is 0 Å². The first-order valence-corrected chi connectivity index (χ1v) is 11.0. The third-order valence-electron chi connectivity index (χ3n) is 5.34. The van der Waals surface area contributed by atoms with Crippen LogP contribution >= 0.6 is 0 Å². The van der Waals surface area contributed by atoms with Gasteiger partial charge in [0.25, 0.3) is 5.91 Å². The number of hydrogen-bond donors (Lipinski definition) is 1. The minimum absolute atomic E-state index is 0.0255. The van der Waals surface area contributed by atoms with Gasteiger partial charge >= 0.3 is 0 Å². The van der Waals surface area contributed by atoms with Gasteiger partial charge in [0.05, 0.1) is 11.0 Å². The number of unbranched alkanes of at least 4 members (excludes halogenated alkanes) is 3. The molecule has 0 unspecified atom stereocenters. The molecule has 30 heavy (non-hydrogen) atoms. The van der Waals surface area contributed by atoms with Crippen molar-refractivity contribution in [1.82, 2.24) is 14.9 Å². The number of para-hydroxylation sites is 2. The first-order valence-electron chi connectivity index (χ1n) is 11.0. The van der Waals surface area contributed by atoms with Gasteiger partial charge in [-0.15, -0.1) is 0 Å². The highest BCUT2D eigenvalue weighted by atomic mass is 16.5. The molecule has 1 heterocycles. The molecule has 0 atom stereocenters. The zero-order chi connectivity index (χ0) is 21.3. The summed E-state index contributed by atoms with van der Waals surface area (Å²) >= 11 is 0. The predicted octanol–water partition coefficient (Wildman–Crippen LogP) is 4.97. The Kier molecular flexibility index (Phi) is 7.89. The molecule has 5 heteroatoms. The molecule has 0 fully saturated rings. The van der Waals surface area contributed by atoms with Crippen molar-refractivity contribution in [3.05, 3.63) is 59.4 Å². The van der Waals surface area contributed by atoms with Crippen molar-refractivity contribution in [2.24, 2.45) is 0 Å². The molecule has 0 aliphatic rings. The molecule has 0 saturated carbocycles. The Balaban J connectivity index is 1.54. The number of rotatable bonds is 11. The lowest BCUT2D eigenvalue weighted by molar-refractivity contribution is -0.123. The molecule has 5 nitrogen and oxygen atoms in total. The zero-order valence-corrected chi connectivity index (χ0v) is 18.4. The van der Waals surface area contributed by atoms with Gasteiger partial charge in [0, 0.05) is 19.5 Å². The third-order valence-corrected chi connectivity index (χ3v) is 5.34. The maximum atomic E-state index is 12.2. The Morgan fingerprint density at radius 3 is 2.77 bits per heavy atom. The van der Waals surface area contributed by atoms with Crippen molar-refractivity contribution in [1.29, 1.82) is 0 Å². The summed E-state index contributed by atoms with van der Waals surface area (Å²) in [5.74, 6) is 1.68. The number of carbonyl (C=O) groups is 1. The monoisotopic (exact) mass is 407 g/mol. The van der Waals surface area contributed by atoms with Crippen molar-refractivity contribution < 1.29 is 9.53 Å². The Bertz CT molecular complexity index is 978. The first-order chi connectivity index (χ1) is 14.6. The number of fused-ring (bicyclic) bond motifs is 1. The molecule has 0 saturated heterocycles. The highest BCUT2D eigenvalue weighted by molar-refractivity contribution is 5.78. The highest BCUT2D eigenvalue weighted by Gasteiger charge is 2.11. The van der Waals surface area contributed by atoms with E-state index in [0.29, 0.717) is 13.0 Å². The lowest BCUT2D eigenvalue weighted by atomic mass is 10.1. The summed E-state index contributed by atoms with van der Waals surface area (Å²) < 4.78 is 8.01. The van der Waals surface area contributed by atoms with Crippen LogP contribution in [0, 0.1) is 13.8 Å². The molecule has 3 rings (SSSR count). The SMILES string of the molecule is CCCCCCn1c(CCNC(=O)COc2cc(C)ccc2C)nc2ccccc21. The van der Waals surface area contributed by atoms with Crippen LogP contribution in [0.3, 0.4) is 0 Å². The largest absolute Gasteiger partial charge is 0.483 e. The van der Waals surface area contributed by atoms with Crippen LogP contribution in [-0.4, -0.2) is 28.6 Å². The Labute approximate surface area is 179 Å². The quantitative estimate of drug-likeness (QED) is 0.457. The number of carbonyl (C=O) groups excluding carboxylic acids is 1. The van der Waals surface area contributed by atoms with E-state index in [1.807, 2.05) is 38.1 Å². The van der Waals surface area contributed by atoms with Gasteiger partial charge in [0.1, 0.15) is 11.6 Å². The van der Waals surface area contributed by atoms with E-state index in [2.05, 4.69) is 35.0 Å². The molecule has 1 aromatic heterocycles. The van der Waals surface area contributed by atoms with Gasteiger partial charge < -0.3 is 14.6 Å². The first kappa shape index (κ1) is 21.9. The molecule has 0 radical (unpaired) electrons. The average molecular weight is 408 g/mol. The van der Waals surface area contributed by atoms with Crippen LogP contribution in [0.5, 0.6) is 5.75 Å². The van der Waals surface area contributed by atoms with Crippen LogP contribution in [0.1, 0.15) is 49.6 Å². The Morgan fingerprint density at radius 1 is 1.10 bits per heavy atom. The summed E-state index contributed by atoms with van der Waals surface area (Å²) in [6.45, 7) is 7.77. The molecule has 2 aromatic carbocycles. The summed E-state index contributed by atoms with van der Waals surface area (Å²) in [5.41, 5.74) is 4.35. The zero-order valence-electron chi connectivity index (χ0n) is 18.4. The number of nitrogens with one attached hydrogen (secondary N) is 1. The van der Waals surface area contributed by atoms with Gasteiger partial charge in [0.2, 0.25) is 0 Å². The van der Waals surface area contributed by atoms with E-state index in [-0.39, 0.29) is 12.5 Å². The van der Waals surface area contributed by atoms with Gasteiger partial charge in [-0.25, -0.2) is 4.98 Å². The van der Waals surface area contributed by atoms with Gasteiger partial charge in [-0.3, -0.25) is 4.79 Å². The second-order valence-electron chi connectivity index (χ2n) is 7.89. The van der Waals surface area contributed by atoms with E-state index >= 15 is 0 Å². The fraction of sp³-hybridized carbons (Fsp3) is 0.440. The van der Waals surface area contributed by atoms with E-state index in [0.717, 1.165) is 41.2 Å². The fourth-order valence-corrected chi connectivity index (χ4v) is 3.63. The highest BCUT2D eigenvalue weighted by Crippen LogP contribution is 2.19. The van der Waals surface area contributed by atoms with Crippen molar-refractivity contribution in [2.75, 3.05) is 13.2 Å². The lowest BCUT2D eigenvalue weighted by Crippen LogP contribution is -2.31. The van der Waals surface area contributed by atoms with E-state index in [4.69, 9.17) is 9.72 Å². The van der Waals surface area contributed by atoms with Gasteiger partial charge in [-0.2, -0.15) is 0 Å². The standard InChI is InChI=1S/C25H33N3O2/c1-4-5-6-9-16-28-22-11-8-7-10-21(22)27-24(28)14-15-26-25(29)18-30-23-17-19(2)12-13-20(23)3/h7-8,10-13,17H,4-6,9,14-16,18H2,1-3H3,(H,26,29). The molecule has 0 aliphatic carbocycles. The molecular formula is C25H33N3O2. The molecule has 3 aromatic rings. The van der Waals surface area contributed by atoms with E-state index in [1.54, 1.807) is 0 Å². The third kappa shape index (κ3) is 5.85. The maximum absolute atomic E-state index is 12.2. The van der Waals surface area contributed by atoms with Crippen molar-refractivity contribution in [2.45, 2.75) is 59.4 Å². The van der Waals surface area contributed by atoms with E-state index in [1.165, 1.54) is 24.8 Å². The van der Waals surface area contributed by atoms with Crippen LogP contribution in [0.4, 0.5) is 0 Å². The molecule has 0 bridgehead atoms. The average Bonchev–Trinajstić information content (AvgIpc) is 3.09. The molecule has 1 N–H and O–H groups in total. The summed E-state index contributed by atoms with van der Waals surface area (Å²) in [4.78, 5) is 17.0. The number of aryl methyl sites for hydroxylation is 3. The summed E-state index contributed by atoms with van der Waals surface area (Å²) in [6, 6.07) is 14.3. The Hall–Kier alpha value is -2.82. The minimum Gasteiger partial charge on any atom is -0.483 e. The molecule has 0 spiro atoms. The molecule has 1 amide bonds. The summed E-state index contributed by atoms with van der Waals surface area (Å²) in [7, 11) is 0. The number of benzene rings is 2. The summed E-state index contributed by atoms with van der Waals surface area (Å²) in [5, 5.41) is 2.97. The van der Waals surface area contributed by atoms with Crippen LogP contribution in [0.15, 0.2) is 42.5 Å². The van der Waals surface area contributed by atoms with Crippen LogP contribution < -0.4 is 10.1 Å². The Morgan fingerprint density at radius 2 is 1.93 bits per heavy atom. The number of nitrogens with zero attached hydrogens (tertiary/aromatic N) is 2. The van der Waals surface area contributed by atoms with E-state index in [9.17, 15) is 4.79 Å². The molecule has 160 valence electrons. The lowest BCUT2D eigenvalue weighted by Gasteiger charge is -2.11. The number of hydrogen-bond acceptors (Lipinski definition) is 3. The van der Waals surface area contributed by atoms with Gasteiger partial charge in [-0.05, 0) is 49.6 Å². The normalized spacial score (nSPS) is 11.0. The number of imidazole rings is 1. The summed E-state index contributed by atoms with van der Waals surface area (Å²) in [6.07, 6.45) is 5.58. The van der Waals surface area contributed by atoms with Crippen LogP contribution in [-0.2, 0) is 17.8 Å². The number of amides is 1. The number of ether oxygens (including phenoxy) is 1. The van der Waals surface area contributed by atoms with Crippen molar-refractivity contribution in [3.8, 4) is 5.75 Å². The van der Waals surface area contributed by atoms with Crippen LogP contribution in [0.25, 0.3) is 11.0 Å². The number of aromatic nitrogens is 2. The second kappa shape index (κ2) is 10.8. The second-order valence-corrected chi connectivity index (χ2v) is 7.89. The fourth-order valence-electron chi connectivity index (χ4n) is 3.63. The van der Waals surface area contributed by atoms with Gasteiger partial charge in [0.15, 0.2) is 6.61 Å². The topological polar surface area (TPSA) is 56.2 Å².